The summed E-state index contributed by atoms with van der Waals surface area (Å²) < 4.78 is 5.17. The second-order valence-electron chi connectivity index (χ2n) is 6.26. The average molecular weight is 390 g/mol. The van der Waals surface area contributed by atoms with Crippen LogP contribution in [0.2, 0.25) is 0 Å². The number of ether oxygens (including phenoxy) is 1. The van der Waals surface area contributed by atoms with Crippen LogP contribution in [0.25, 0.3) is 5.57 Å². The van der Waals surface area contributed by atoms with E-state index in [1.54, 1.807) is 19.2 Å². The number of nitrogens with one attached hydrogen (secondary N) is 1. The minimum Gasteiger partial charge on any atom is -0.497 e. The van der Waals surface area contributed by atoms with Gasteiger partial charge in [-0.05, 0) is 41.3 Å². The van der Waals surface area contributed by atoms with Crippen LogP contribution in [0.4, 0.5) is 5.69 Å². The third-order valence-corrected chi connectivity index (χ3v) is 5.37. The number of methoxy groups -OCH3 is 1. The van der Waals surface area contributed by atoms with Crippen LogP contribution in [0, 0.1) is 0 Å². The summed E-state index contributed by atoms with van der Waals surface area (Å²) in [6.07, 6.45) is 0. The van der Waals surface area contributed by atoms with Crippen molar-refractivity contribution < 1.29 is 14.3 Å². The van der Waals surface area contributed by atoms with Crippen molar-refractivity contribution in [2.45, 2.75) is 6.54 Å². The van der Waals surface area contributed by atoms with Crippen molar-refractivity contribution in [1.29, 1.82) is 0 Å². The lowest BCUT2D eigenvalue weighted by Crippen LogP contribution is -2.31. The maximum absolute atomic E-state index is 13.1. The molecule has 6 heteroatoms. The Morgan fingerprint density at radius 2 is 1.68 bits per heavy atom. The number of hydrogen-bond donors (Lipinski definition) is 1. The summed E-state index contributed by atoms with van der Waals surface area (Å²) in [7, 11) is 1.60. The molecule has 140 valence electrons. The van der Waals surface area contributed by atoms with Crippen molar-refractivity contribution in [3.05, 3.63) is 88.2 Å². The maximum Gasteiger partial charge on any atom is 0.278 e. The summed E-state index contributed by atoms with van der Waals surface area (Å²) in [5.41, 5.74) is 2.33. The smallest absolute Gasteiger partial charge is 0.278 e. The summed E-state index contributed by atoms with van der Waals surface area (Å²) in [5.74, 6) is 0.109. The van der Waals surface area contributed by atoms with Crippen molar-refractivity contribution in [2.75, 3.05) is 12.4 Å². The summed E-state index contributed by atoms with van der Waals surface area (Å²) in [4.78, 5) is 28.3. The van der Waals surface area contributed by atoms with E-state index in [0.29, 0.717) is 17.0 Å². The van der Waals surface area contributed by atoms with Gasteiger partial charge in [0, 0.05) is 10.6 Å². The van der Waals surface area contributed by atoms with Gasteiger partial charge >= 0.3 is 0 Å². The Morgan fingerprint density at radius 3 is 2.32 bits per heavy atom. The first-order valence-electron chi connectivity index (χ1n) is 8.76. The second kappa shape index (κ2) is 7.70. The number of benzene rings is 2. The van der Waals surface area contributed by atoms with Crippen LogP contribution >= 0.6 is 11.3 Å². The first kappa shape index (κ1) is 18.0. The molecular weight excluding hydrogens is 372 g/mol. The monoisotopic (exact) mass is 390 g/mol. The third-order valence-electron chi connectivity index (χ3n) is 4.48. The van der Waals surface area contributed by atoms with Crippen molar-refractivity contribution in [2.24, 2.45) is 0 Å². The van der Waals surface area contributed by atoms with Gasteiger partial charge in [-0.15, -0.1) is 11.3 Å². The van der Waals surface area contributed by atoms with Gasteiger partial charge in [-0.1, -0.05) is 36.4 Å². The molecule has 3 aromatic rings. The van der Waals surface area contributed by atoms with E-state index in [4.69, 9.17) is 4.74 Å². The molecule has 2 amide bonds. The van der Waals surface area contributed by atoms with E-state index in [1.165, 1.54) is 16.2 Å². The fourth-order valence-corrected chi connectivity index (χ4v) is 3.84. The number of amides is 2. The molecule has 0 saturated heterocycles. The van der Waals surface area contributed by atoms with Crippen LogP contribution in [-0.4, -0.2) is 23.8 Å². The molecule has 0 radical (unpaired) electrons. The molecule has 28 heavy (non-hydrogen) atoms. The lowest BCUT2D eigenvalue weighted by Gasteiger charge is -2.15. The summed E-state index contributed by atoms with van der Waals surface area (Å²) >= 11 is 1.44. The Morgan fingerprint density at radius 1 is 0.929 bits per heavy atom. The molecule has 1 aliphatic rings. The van der Waals surface area contributed by atoms with Crippen molar-refractivity contribution in [3.63, 3.8) is 0 Å². The van der Waals surface area contributed by atoms with E-state index in [9.17, 15) is 9.59 Å². The first-order valence-corrected chi connectivity index (χ1v) is 9.64. The van der Waals surface area contributed by atoms with Crippen LogP contribution in [0.1, 0.15) is 10.4 Å². The van der Waals surface area contributed by atoms with Gasteiger partial charge in [0.2, 0.25) is 0 Å². The van der Waals surface area contributed by atoms with E-state index < -0.39 is 0 Å². The Labute approximate surface area is 166 Å². The number of carbonyl (C=O) groups is 2. The average Bonchev–Trinajstić information content (AvgIpc) is 3.33. The summed E-state index contributed by atoms with van der Waals surface area (Å²) in [6, 6.07) is 20.5. The molecular formula is C22H18N2O3S. The molecule has 2 aromatic carbocycles. The Bertz CT molecular complexity index is 1030. The molecule has 1 aliphatic heterocycles. The standard InChI is InChI=1S/C22H18N2O3S/c1-27-17-11-9-16(10-12-17)23-20-19(18-8-5-13-28-18)21(25)24(22(20)26)14-15-6-3-2-4-7-15/h2-13,23H,14H2,1H3. The van der Waals surface area contributed by atoms with Gasteiger partial charge in [-0.25, -0.2) is 0 Å². The van der Waals surface area contributed by atoms with E-state index in [0.717, 1.165) is 16.2 Å². The molecule has 0 aliphatic carbocycles. The van der Waals surface area contributed by atoms with E-state index in [-0.39, 0.29) is 18.4 Å². The Hall–Kier alpha value is -3.38. The topological polar surface area (TPSA) is 58.6 Å². The highest BCUT2D eigenvalue weighted by atomic mass is 32.1. The molecule has 1 aromatic heterocycles. The van der Waals surface area contributed by atoms with Gasteiger partial charge < -0.3 is 10.1 Å². The van der Waals surface area contributed by atoms with Crippen LogP contribution in [0.15, 0.2) is 77.8 Å². The van der Waals surface area contributed by atoms with E-state index in [2.05, 4.69) is 5.32 Å². The maximum atomic E-state index is 13.1. The summed E-state index contributed by atoms with van der Waals surface area (Å²) in [5, 5.41) is 5.04. The number of hydrogen-bond acceptors (Lipinski definition) is 5. The normalized spacial score (nSPS) is 14.0. The van der Waals surface area contributed by atoms with E-state index >= 15 is 0 Å². The quantitative estimate of drug-likeness (QED) is 0.643. The highest BCUT2D eigenvalue weighted by Crippen LogP contribution is 2.33. The third kappa shape index (κ3) is 3.42. The Kier molecular flexibility index (Phi) is 4.95. The molecule has 4 rings (SSSR count). The molecule has 0 atom stereocenters. The minimum atomic E-state index is -0.326. The van der Waals surface area contributed by atoms with Gasteiger partial charge in [0.15, 0.2) is 0 Å². The van der Waals surface area contributed by atoms with Gasteiger partial charge in [0.25, 0.3) is 11.8 Å². The first-order chi connectivity index (χ1) is 13.7. The van der Waals surface area contributed by atoms with Crippen molar-refractivity contribution >= 4 is 34.4 Å². The molecule has 0 saturated carbocycles. The number of imide groups is 1. The van der Waals surface area contributed by atoms with Crippen LogP contribution < -0.4 is 10.1 Å². The SMILES string of the molecule is COc1ccc(NC2=C(c3cccs3)C(=O)N(Cc3ccccc3)C2=O)cc1. The van der Waals surface area contributed by atoms with Gasteiger partial charge in [0.05, 0.1) is 19.2 Å². The number of anilines is 1. The molecule has 1 N–H and O–H groups in total. The van der Waals surface area contributed by atoms with Crippen LogP contribution in [-0.2, 0) is 16.1 Å². The van der Waals surface area contributed by atoms with Crippen molar-refractivity contribution in [1.82, 2.24) is 4.90 Å². The highest BCUT2D eigenvalue weighted by molar-refractivity contribution is 7.11. The lowest BCUT2D eigenvalue weighted by atomic mass is 10.2. The van der Waals surface area contributed by atoms with E-state index in [1.807, 2.05) is 60.0 Å². The number of nitrogens with zero attached hydrogens (tertiary/aromatic N) is 1. The molecule has 5 nitrogen and oxygen atoms in total. The molecule has 2 heterocycles. The zero-order chi connectivity index (χ0) is 19.5. The predicted molar refractivity (Wildman–Crippen MR) is 110 cm³/mol. The molecule has 0 fully saturated rings. The highest BCUT2D eigenvalue weighted by Gasteiger charge is 2.39. The number of rotatable bonds is 6. The largest absolute Gasteiger partial charge is 0.497 e. The summed E-state index contributed by atoms with van der Waals surface area (Å²) in [6.45, 7) is 0.237. The van der Waals surface area contributed by atoms with Crippen LogP contribution in [0.5, 0.6) is 5.75 Å². The molecule has 0 spiro atoms. The minimum absolute atomic E-state index is 0.237. The number of carbonyl (C=O) groups excluding carboxylic acids is 2. The second-order valence-corrected chi connectivity index (χ2v) is 7.21. The van der Waals surface area contributed by atoms with Crippen LogP contribution in [0.3, 0.4) is 0 Å². The predicted octanol–water partition coefficient (Wildman–Crippen LogP) is 4.15. The molecule has 0 bridgehead atoms. The molecule has 0 unspecified atom stereocenters. The zero-order valence-electron chi connectivity index (χ0n) is 15.2. The fraction of sp³-hybridized carbons (Fsp3) is 0.0909. The zero-order valence-corrected chi connectivity index (χ0v) is 16.0. The van der Waals surface area contributed by atoms with Gasteiger partial charge in [-0.2, -0.15) is 0 Å². The lowest BCUT2D eigenvalue weighted by molar-refractivity contribution is -0.137. The fourth-order valence-electron chi connectivity index (χ4n) is 3.07. The Balaban J connectivity index is 1.68. The number of thiophene rings is 1. The van der Waals surface area contributed by atoms with Gasteiger partial charge in [-0.3, -0.25) is 14.5 Å². The van der Waals surface area contributed by atoms with Gasteiger partial charge in [0.1, 0.15) is 11.4 Å². The van der Waals surface area contributed by atoms with Crippen molar-refractivity contribution in [3.8, 4) is 5.75 Å².